The highest BCUT2D eigenvalue weighted by atomic mass is 32.2. The first-order valence-electron chi connectivity index (χ1n) is 6.32. The molecule has 0 heterocycles. The predicted molar refractivity (Wildman–Crippen MR) is 78.6 cm³/mol. The molecule has 19 heavy (non-hydrogen) atoms. The fourth-order valence-electron chi connectivity index (χ4n) is 1.56. The third kappa shape index (κ3) is 4.19. The summed E-state index contributed by atoms with van der Waals surface area (Å²) in [6, 6.07) is 5.00. The standard InChI is InChI=1S/C13H23N3O2S/c1-5-11-6-7-12(8-13(11)14)19(17,18)15-9-10(2)16(3)4/h6-8,10,15H,5,9,14H2,1-4H3. The van der Waals surface area contributed by atoms with Crippen LogP contribution in [0.2, 0.25) is 0 Å². The number of rotatable bonds is 6. The quantitative estimate of drug-likeness (QED) is 0.766. The first-order chi connectivity index (χ1) is 8.77. The van der Waals surface area contributed by atoms with E-state index in [4.69, 9.17) is 5.73 Å². The molecular formula is C13H23N3O2S. The van der Waals surface area contributed by atoms with E-state index in [0.29, 0.717) is 12.2 Å². The highest BCUT2D eigenvalue weighted by Gasteiger charge is 2.16. The van der Waals surface area contributed by atoms with Crippen LogP contribution in [0, 0.1) is 0 Å². The highest BCUT2D eigenvalue weighted by Crippen LogP contribution is 2.18. The topological polar surface area (TPSA) is 75.4 Å². The number of nitrogens with zero attached hydrogens (tertiary/aromatic N) is 1. The van der Waals surface area contributed by atoms with Crippen molar-refractivity contribution < 1.29 is 8.42 Å². The number of aryl methyl sites for hydroxylation is 1. The number of hydrogen-bond donors (Lipinski definition) is 2. The summed E-state index contributed by atoms with van der Waals surface area (Å²) in [6.45, 7) is 4.30. The summed E-state index contributed by atoms with van der Waals surface area (Å²) in [4.78, 5) is 2.17. The van der Waals surface area contributed by atoms with Crippen LogP contribution in [0.3, 0.4) is 0 Å². The Bertz CT molecular complexity index is 527. The molecule has 0 saturated carbocycles. The van der Waals surface area contributed by atoms with Crippen molar-refractivity contribution in [1.82, 2.24) is 9.62 Å². The minimum absolute atomic E-state index is 0.127. The number of nitrogen functional groups attached to an aromatic ring is 1. The van der Waals surface area contributed by atoms with Crippen molar-refractivity contribution in [2.24, 2.45) is 0 Å². The Morgan fingerprint density at radius 3 is 2.47 bits per heavy atom. The molecule has 5 nitrogen and oxygen atoms in total. The number of likely N-dealkylation sites (N-methyl/N-ethyl adjacent to an activating group) is 1. The van der Waals surface area contributed by atoms with Crippen LogP contribution in [-0.2, 0) is 16.4 Å². The monoisotopic (exact) mass is 285 g/mol. The van der Waals surface area contributed by atoms with Gasteiger partial charge in [-0.1, -0.05) is 13.0 Å². The van der Waals surface area contributed by atoms with Crippen LogP contribution in [0.15, 0.2) is 23.1 Å². The molecule has 0 spiro atoms. The van der Waals surface area contributed by atoms with Gasteiger partial charge >= 0.3 is 0 Å². The van der Waals surface area contributed by atoms with E-state index in [2.05, 4.69) is 4.72 Å². The SMILES string of the molecule is CCc1ccc(S(=O)(=O)NCC(C)N(C)C)cc1N. The van der Waals surface area contributed by atoms with Gasteiger partial charge in [-0.2, -0.15) is 0 Å². The number of benzene rings is 1. The fourth-order valence-corrected chi connectivity index (χ4v) is 2.71. The zero-order valence-corrected chi connectivity index (χ0v) is 12.8. The molecule has 1 aromatic rings. The average molecular weight is 285 g/mol. The number of nitrogens with two attached hydrogens (primary N) is 1. The van der Waals surface area contributed by atoms with Crippen molar-refractivity contribution in [3.8, 4) is 0 Å². The van der Waals surface area contributed by atoms with Gasteiger partial charge in [0, 0.05) is 18.3 Å². The first kappa shape index (κ1) is 15.9. The first-order valence-corrected chi connectivity index (χ1v) is 7.80. The Labute approximate surface area is 115 Å². The molecule has 0 radical (unpaired) electrons. The molecule has 1 atom stereocenters. The lowest BCUT2D eigenvalue weighted by Crippen LogP contribution is -2.38. The van der Waals surface area contributed by atoms with Gasteiger partial charge in [0.25, 0.3) is 0 Å². The largest absolute Gasteiger partial charge is 0.398 e. The molecular weight excluding hydrogens is 262 g/mol. The summed E-state index contributed by atoms with van der Waals surface area (Å²) >= 11 is 0. The van der Waals surface area contributed by atoms with Crippen molar-refractivity contribution in [2.45, 2.75) is 31.2 Å². The van der Waals surface area contributed by atoms with Crippen molar-refractivity contribution in [3.05, 3.63) is 23.8 Å². The van der Waals surface area contributed by atoms with E-state index in [0.717, 1.165) is 12.0 Å². The Morgan fingerprint density at radius 1 is 1.37 bits per heavy atom. The summed E-state index contributed by atoms with van der Waals surface area (Å²) in [6.07, 6.45) is 0.789. The van der Waals surface area contributed by atoms with Gasteiger partial charge in [0.2, 0.25) is 10.0 Å². The van der Waals surface area contributed by atoms with Crippen LogP contribution >= 0.6 is 0 Å². The minimum Gasteiger partial charge on any atom is -0.398 e. The normalized spacial score (nSPS) is 13.7. The van der Waals surface area contributed by atoms with E-state index in [1.54, 1.807) is 12.1 Å². The smallest absolute Gasteiger partial charge is 0.240 e. The van der Waals surface area contributed by atoms with Crippen molar-refractivity contribution in [3.63, 3.8) is 0 Å². The molecule has 0 amide bonds. The lowest BCUT2D eigenvalue weighted by molar-refractivity contribution is 0.314. The molecule has 1 unspecified atom stereocenters. The van der Waals surface area contributed by atoms with Gasteiger partial charge in [0.1, 0.15) is 0 Å². The van der Waals surface area contributed by atoms with Gasteiger partial charge in [-0.15, -0.1) is 0 Å². The number of sulfonamides is 1. The number of nitrogens with one attached hydrogen (secondary N) is 1. The minimum atomic E-state index is -3.49. The van der Waals surface area contributed by atoms with Gasteiger partial charge in [-0.25, -0.2) is 13.1 Å². The molecule has 3 N–H and O–H groups in total. The second kappa shape index (κ2) is 6.36. The molecule has 1 rings (SSSR count). The second-order valence-electron chi connectivity index (χ2n) is 4.88. The summed E-state index contributed by atoms with van der Waals surface area (Å²) in [5.41, 5.74) is 7.31. The Balaban J connectivity index is 2.86. The third-order valence-corrected chi connectivity index (χ3v) is 4.68. The molecule has 108 valence electrons. The summed E-state index contributed by atoms with van der Waals surface area (Å²) in [5, 5.41) is 0. The summed E-state index contributed by atoms with van der Waals surface area (Å²) < 4.78 is 26.8. The summed E-state index contributed by atoms with van der Waals surface area (Å²) in [5.74, 6) is 0. The average Bonchev–Trinajstić information content (AvgIpc) is 2.35. The van der Waals surface area contributed by atoms with Gasteiger partial charge in [-0.05, 0) is 45.1 Å². The fraction of sp³-hybridized carbons (Fsp3) is 0.538. The van der Waals surface area contributed by atoms with Crippen LogP contribution in [0.5, 0.6) is 0 Å². The van der Waals surface area contributed by atoms with E-state index < -0.39 is 10.0 Å². The zero-order valence-electron chi connectivity index (χ0n) is 12.0. The van der Waals surface area contributed by atoms with Crippen LogP contribution in [0.1, 0.15) is 19.4 Å². The van der Waals surface area contributed by atoms with Crippen molar-refractivity contribution in [2.75, 3.05) is 26.4 Å². The van der Waals surface area contributed by atoms with E-state index in [9.17, 15) is 8.42 Å². The van der Waals surface area contributed by atoms with Crippen LogP contribution < -0.4 is 10.5 Å². The van der Waals surface area contributed by atoms with Crippen molar-refractivity contribution in [1.29, 1.82) is 0 Å². The molecule has 0 aromatic heterocycles. The van der Waals surface area contributed by atoms with Crippen LogP contribution in [-0.4, -0.2) is 40.0 Å². The van der Waals surface area contributed by atoms with Gasteiger partial charge in [0.15, 0.2) is 0 Å². The van der Waals surface area contributed by atoms with Gasteiger partial charge < -0.3 is 10.6 Å². The van der Waals surface area contributed by atoms with Gasteiger partial charge in [-0.3, -0.25) is 0 Å². The maximum atomic E-state index is 12.1. The molecule has 1 aromatic carbocycles. The molecule has 6 heteroatoms. The number of hydrogen-bond acceptors (Lipinski definition) is 4. The second-order valence-corrected chi connectivity index (χ2v) is 6.65. The maximum absolute atomic E-state index is 12.1. The molecule has 0 aliphatic carbocycles. The maximum Gasteiger partial charge on any atom is 0.240 e. The van der Waals surface area contributed by atoms with E-state index in [-0.39, 0.29) is 10.9 Å². The lowest BCUT2D eigenvalue weighted by atomic mass is 10.1. The molecule has 0 bridgehead atoms. The predicted octanol–water partition coefficient (Wildman–Crippen LogP) is 1.06. The van der Waals surface area contributed by atoms with E-state index in [1.807, 2.05) is 32.8 Å². The summed E-state index contributed by atoms with van der Waals surface area (Å²) in [7, 11) is 0.326. The lowest BCUT2D eigenvalue weighted by Gasteiger charge is -2.20. The zero-order chi connectivity index (χ0) is 14.6. The Kier molecular flexibility index (Phi) is 5.34. The van der Waals surface area contributed by atoms with E-state index in [1.165, 1.54) is 6.07 Å². The van der Waals surface area contributed by atoms with Crippen molar-refractivity contribution >= 4 is 15.7 Å². The molecule has 0 aliphatic rings. The third-order valence-electron chi connectivity index (χ3n) is 3.26. The Morgan fingerprint density at radius 2 is 2.00 bits per heavy atom. The van der Waals surface area contributed by atoms with Crippen LogP contribution in [0.25, 0.3) is 0 Å². The number of anilines is 1. The Hall–Kier alpha value is -1.11. The van der Waals surface area contributed by atoms with E-state index >= 15 is 0 Å². The van der Waals surface area contributed by atoms with Gasteiger partial charge in [0.05, 0.1) is 4.90 Å². The highest BCUT2D eigenvalue weighted by molar-refractivity contribution is 7.89. The molecule has 0 fully saturated rings. The molecule has 0 aliphatic heterocycles. The van der Waals surface area contributed by atoms with Crippen LogP contribution in [0.4, 0.5) is 5.69 Å². The molecule has 0 saturated heterocycles.